The Bertz CT molecular complexity index is 1310. The van der Waals surface area contributed by atoms with Gasteiger partial charge in [-0.1, -0.05) is 19.9 Å². The van der Waals surface area contributed by atoms with E-state index >= 15 is 0 Å². The van der Waals surface area contributed by atoms with Gasteiger partial charge in [0.15, 0.2) is 16.6 Å². The molecule has 222 valence electrons. The van der Waals surface area contributed by atoms with Crippen molar-refractivity contribution in [1.82, 2.24) is 15.2 Å². The Morgan fingerprint density at radius 3 is 2.76 bits per heavy atom. The summed E-state index contributed by atoms with van der Waals surface area (Å²) in [7, 11) is 0. The SMILES string of the molecule is CC1(CO)C(O)CCC2(C)C(CC(=O)NCc3ccc4c(c3)OCO4)c3nc(NC(=O)N4CCOCC4)sc3CC12. The van der Waals surface area contributed by atoms with Crippen LogP contribution >= 0.6 is 11.3 Å². The number of morpholine rings is 1. The van der Waals surface area contributed by atoms with E-state index in [4.69, 9.17) is 19.2 Å². The quantitative estimate of drug-likeness (QED) is 0.405. The van der Waals surface area contributed by atoms with Crippen LogP contribution in [-0.4, -0.2) is 77.8 Å². The molecule has 12 heteroatoms. The Morgan fingerprint density at radius 2 is 1.98 bits per heavy atom. The zero-order valence-electron chi connectivity index (χ0n) is 23.5. The molecule has 5 unspecified atom stereocenters. The van der Waals surface area contributed by atoms with Gasteiger partial charge >= 0.3 is 6.03 Å². The van der Waals surface area contributed by atoms with Crippen molar-refractivity contribution in [3.63, 3.8) is 0 Å². The number of aliphatic hydroxyl groups is 2. The summed E-state index contributed by atoms with van der Waals surface area (Å²) in [5.41, 5.74) is 0.652. The van der Waals surface area contributed by atoms with E-state index in [1.807, 2.05) is 25.1 Å². The van der Waals surface area contributed by atoms with Gasteiger partial charge in [-0.05, 0) is 48.3 Å². The summed E-state index contributed by atoms with van der Waals surface area (Å²) in [6, 6.07) is 5.41. The van der Waals surface area contributed by atoms with Crippen molar-refractivity contribution in [2.45, 2.75) is 58.1 Å². The fraction of sp³-hybridized carbons (Fsp3) is 0.621. The van der Waals surface area contributed by atoms with Gasteiger partial charge in [-0.3, -0.25) is 10.1 Å². The molecule has 2 fully saturated rings. The molecule has 1 aromatic carbocycles. The number of carbonyl (C=O) groups is 2. The third-order valence-electron chi connectivity index (χ3n) is 9.72. The lowest BCUT2D eigenvalue weighted by atomic mass is 9.47. The van der Waals surface area contributed by atoms with Crippen LogP contribution in [0.1, 0.15) is 55.2 Å². The number of hydrogen-bond acceptors (Lipinski definition) is 9. The van der Waals surface area contributed by atoms with E-state index in [1.54, 1.807) is 4.90 Å². The van der Waals surface area contributed by atoms with Crippen molar-refractivity contribution in [2.24, 2.45) is 16.7 Å². The molecule has 0 radical (unpaired) electrons. The highest BCUT2D eigenvalue weighted by Gasteiger charge is 2.59. The summed E-state index contributed by atoms with van der Waals surface area (Å²) >= 11 is 1.43. The molecule has 2 aromatic rings. The van der Waals surface area contributed by atoms with Crippen LogP contribution in [0.3, 0.4) is 0 Å². The average molecular weight is 587 g/mol. The van der Waals surface area contributed by atoms with E-state index in [2.05, 4.69) is 17.6 Å². The zero-order chi connectivity index (χ0) is 28.8. The Kier molecular flexibility index (Phi) is 7.60. The highest BCUT2D eigenvalue weighted by molar-refractivity contribution is 7.15. The second kappa shape index (κ2) is 11.0. The first-order chi connectivity index (χ1) is 19.7. The van der Waals surface area contributed by atoms with Crippen LogP contribution in [0.25, 0.3) is 0 Å². The molecule has 3 amide bonds. The lowest BCUT2D eigenvalue weighted by Gasteiger charge is -2.58. The number of hydrogen-bond donors (Lipinski definition) is 4. The van der Waals surface area contributed by atoms with E-state index < -0.39 is 11.5 Å². The molecule has 2 aliphatic carbocycles. The average Bonchev–Trinajstić information content (AvgIpc) is 3.62. The molecule has 4 aliphatic rings. The summed E-state index contributed by atoms with van der Waals surface area (Å²) in [6.45, 7) is 6.57. The van der Waals surface area contributed by atoms with Crippen LogP contribution in [0.2, 0.25) is 0 Å². The summed E-state index contributed by atoms with van der Waals surface area (Å²) in [6.07, 6.45) is 1.45. The number of urea groups is 1. The monoisotopic (exact) mass is 586 g/mol. The maximum Gasteiger partial charge on any atom is 0.323 e. The highest BCUT2D eigenvalue weighted by atomic mass is 32.1. The van der Waals surface area contributed by atoms with Gasteiger partial charge in [0.25, 0.3) is 0 Å². The van der Waals surface area contributed by atoms with Gasteiger partial charge in [0.1, 0.15) is 0 Å². The molecule has 5 atom stereocenters. The van der Waals surface area contributed by atoms with Gasteiger partial charge in [-0.25, -0.2) is 9.78 Å². The molecule has 2 aliphatic heterocycles. The Morgan fingerprint density at radius 1 is 1.20 bits per heavy atom. The number of aliphatic hydroxyl groups excluding tert-OH is 2. The van der Waals surface area contributed by atoms with Crippen molar-refractivity contribution in [3.05, 3.63) is 34.3 Å². The molecule has 4 N–H and O–H groups in total. The van der Waals surface area contributed by atoms with E-state index in [-0.39, 0.29) is 49.0 Å². The van der Waals surface area contributed by atoms with Crippen molar-refractivity contribution >= 4 is 28.4 Å². The largest absolute Gasteiger partial charge is 0.454 e. The molecule has 11 nitrogen and oxygen atoms in total. The minimum absolute atomic E-state index is 0.0637. The minimum Gasteiger partial charge on any atom is -0.454 e. The molecule has 1 aromatic heterocycles. The molecule has 0 bridgehead atoms. The smallest absolute Gasteiger partial charge is 0.323 e. The third kappa shape index (κ3) is 5.15. The topological polar surface area (TPSA) is 142 Å². The highest BCUT2D eigenvalue weighted by Crippen LogP contribution is 2.62. The van der Waals surface area contributed by atoms with Crippen molar-refractivity contribution < 1.29 is 34.0 Å². The predicted molar refractivity (Wildman–Crippen MR) is 151 cm³/mol. The van der Waals surface area contributed by atoms with E-state index in [0.29, 0.717) is 68.7 Å². The van der Waals surface area contributed by atoms with E-state index in [9.17, 15) is 19.8 Å². The normalized spacial score (nSPS) is 30.3. The fourth-order valence-corrected chi connectivity index (χ4v) is 8.20. The van der Waals surface area contributed by atoms with Crippen LogP contribution in [0.5, 0.6) is 11.5 Å². The number of carbonyl (C=O) groups excluding carboxylic acids is 2. The lowest BCUT2D eigenvalue weighted by Crippen LogP contribution is -2.57. The van der Waals surface area contributed by atoms with Crippen molar-refractivity contribution in [2.75, 3.05) is 45.0 Å². The predicted octanol–water partition coefficient (Wildman–Crippen LogP) is 2.86. The van der Waals surface area contributed by atoms with Crippen LogP contribution in [0.15, 0.2) is 18.2 Å². The van der Waals surface area contributed by atoms with Crippen molar-refractivity contribution in [1.29, 1.82) is 0 Å². The third-order valence-corrected chi connectivity index (χ3v) is 10.7. The van der Waals surface area contributed by atoms with Gasteiger partial charge in [0.2, 0.25) is 12.7 Å². The van der Waals surface area contributed by atoms with Crippen LogP contribution in [0, 0.1) is 16.7 Å². The Labute approximate surface area is 243 Å². The molecule has 3 heterocycles. The molecule has 1 saturated heterocycles. The summed E-state index contributed by atoms with van der Waals surface area (Å²) < 4.78 is 16.2. The van der Waals surface area contributed by atoms with Crippen LogP contribution < -0.4 is 20.1 Å². The van der Waals surface area contributed by atoms with E-state index in [0.717, 1.165) is 16.1 Å². The molecular formula is C29H38N4O7S. The van der Waals surface area contributed by atoms with Gasteiger partial charge in [0.05, 0.1) is 31.6 Å². The fourth-order valence-electron chi connectivity index (χ4n) is 7.15. The standard InChI is InChI=1S/C29H38N4O7S/c1-28-6-5-23(35)29(2,15-34)22(28)13-21-25(31-26(41-21)32-27(37)33-7-9-38-10-8-33)18(28)12-24(36)30-14-17-3-4-19-20(11-17)40-16-39-19/h3-4,11,18,22-23,34-35H,5-10,12-16H2,1-2H3,(H,30,36)(H,31,32,37). The lowest BCUT2D eigenvalue weighted by molar-refractivity contribution is -0.144. The first-order valence-electron chi connectivity index (χ1n) is 14.3. The van der Waals surface area contributed by atoms with Gasteiger partial charge in [-0.15, -0.1) is 11.3 Å². The van der Waals surface area contributed by atoms with Gasteiger partial charge in [-0.2, -0.15) is 0 Å². The second-order valence-electron chi connectivity index (χ2n) is 12.1. The summed E-state index contributed by atoms with van der Waals surface area (Å²) in [4.78, 5) is 34.0. The summed E-state index contributed by atoms with van der Waals surface area (Å²) in [5, 5.41) is 28.0. The molecule has 1 saturated carbocycles. The molecule has 0 spiro atoms. The second-order valence-corrected chi connectivity index (χ2v) is 13.1. The Hall–Kier alpha value is -2.93. The number of nitrogens with one attached hydrogen (secondary N) is 2. The number of benzene rings is 1. The number of amides is 3. The first-order valence-corrected chi connectivity index (χ1v) is 15.1. The number of rotatable bonds is 6. The molecule has 6 rings (SSSR count). The molecular weight excluding hydrogens is 548 g/mol. The number of nitrogens with zero attached hydrogens (tertiary/aromatic N) is 2. The zero-order valence-corrected chi connectivity index (χ0v) is 24.3. The maximum atomic E-state index is 13.5. The van der Waals surface area contributed by atoms with Crippen LogP contribution in [0.4, 0.5) is 9.93 Å². The minimum atomic E-state index is -0.715. The number of fused-ring (bicyclic) bond motifs is 3. The van der Waals surface area contributed by atoms with E-state index in [1.165, 1.54) is 11.3 Å². The molecule has 41 heavy (non-hydrogen) atoms. The van der Waals surface area contributed by atoms with Gasteiger partial charge in [0, 0.05) is 42.3 Å². The van der Waals surface area contributed by atoms with Crippen molar-refractivity contribution in [3.8, 4) is 11.5 Å². The number of thiazole rings is 1. The maximum absolute atomic E-state index is 13.5. The number of ether oxygens (including phenoxy) is 3. The Balaban J connectivity index is 1.25. The van der Waals surface area contributed by atoms with Crippen LogP contribution in [-0.2, 0) is 22.5 Å². The van der Waals surface area contributed by atoms with Gasteiger partial charge < -0.3 is 34.6 Å². The number of anilines is 1. The summed E-state index contributed by atoms with van der Waals surface area (Å²) in [5.74, 6) is 0.953. The number of aromatic nitrogens is 1. The first kappa shape index (κ1) is 28.2.